The molecule has 1 aliphatic carbocycles. The molecule has 3 rings (SSSR count). The van der Waals surface area contributed by atoms with Crippen molar-refractivity contribution in [2.45, 2.75) is 20.8 Å². The fourth-order valence-electron chi connectivity index (χ4n) is 2.85. The van der Waals surface area contributed by atoms with Crippen LogP contribution < -0.4 is 5.32 Å². The van der Waals surface area contributed by atoms with Gasteiger partial charge >= 0.3 is 0 Å². The number of hydrogen-bond donors (Lipinski definition) is 1. The molecule has 0 bridgehead atoms. The molecular formula is C20H20N2O3. The van der Waals surface area contributed by atoms with Crippen molar-refractivity contribution in [1.82, 2.24) is 5.32 Å². The van der Waals surface area contributed by atoms with E-state index in [4.69, 9.17) is 4.42 Å². The summed E-state index contributed by atoms with van der Waals surface area (Å²) in [5, 5.41) is 2.85. The molecule has 0 fully saturated rings. The van der Waals surface area contributed by atoms with Crippen LogP contribution in [0.3, 0.4) is 0 Å². The van der Waals surface area contributed by atoms with Gasteiger partial charge in [-0.3, -0.25) is 9.59 Å². The molecule has 0 aromatic carbocycles. The second-order valence-corrected chi connectivity index (χ2v) is 7.00. The number of nitrogens with zero attached hydrogens (tertiary/aromatic N) is 1. The van der Waals surface area contributed by atoms with Gasteiger partial charge in [0.1, 0.15) is 5.76 Å². The van der Waals surface area contributed by atoms with Crippen LogP contribution in [0.2, 0.25) is 0 Å². The van der Waals surface area contributed by atoms with Crippen LogP contribution in [0.1, 0.15) is 26.5 Å². The summed E-state index contributed by atoms with van der Waals surface area (Å²) in [7, 11) is 0. The Labute approximate surface area is 146 Å². The highest BCUT2D eigenvalue weighted by molar-refractivity contribution is 6.13. The molecule has 0 spiro atoms. The molecular weight excluding hydrogens is 316 g/mol. The molecule has 2 aliphatic rings. The van der Waals surface area contributed by atoms with E-state index in [1.165, 1.54) is 12.3 Å². The van der Waals surface area contributed by atoms with Crippen molar-refractivity contribution < 1.29 is 14.0 Å². The van der Waals surface area contributed by atoms with Gasteiger partial charge in [-0.15, -0.1) is 0 Å². The smallest absolute Gasteiger partial charge is 0.270 e. The zero-order chi connectivity index (χ0) is 18.0. The number of rotatable bonds is 2. The third-order valence-electron chi connectivity index (χ3n) is 4.03. The lowest BCUT2D eigenvalue weighted by Crippen LogP contribution is -2.36. The average molecular weight is 336 g/mol. The van der Waals surface area contributed by atoms with E-state index in [2.05, 4.69) is 31.1 Å². The second-order valence-electron chi connectivity index (χ2n) is 7.00. The lowest BCUT2D eigenvalue weighted by Gasteiger charge is -2.34. The number of carbonyl (C=O) groups is 2. The molecule has 128 valence electrons. The Hall–Kier alpha value is -2.95. The van der Waals surface area contributed by atoms with E-state index in [9.17, 15) is 9.59 Å². The number of amides is 2. The number of hydrogen-bond acceptors (Lipinski definition) is 3. The first kappa shape index (κ1) is 16.9. The monoisotopic (exact) mass is 336 g/mol. The Bertz CT molecular complexity index is 844. The van der Waals surface area contributed by atoms with Crippen molar-refractivity contribution in [2.24, 2.45) is 16.3 Å². The summed E-state index contributed by atoms with van der Waals surface area (Å²) in [5.74, 6) is 0.0576. The Kier molecular flexibility index (Phi) is 4.40. The van der Waals surface area contributed by atoms with Gasteiger partial charge in [0.15, 0.2) is 0 Å². The predicted octanol–water partition coefficient (Wildman–Crippen LogP) is 3.43. The average Bonchev–Trinajstić information content (AvgIpc) is 3.04. The van der Waals surface area contributed by atoms with Crippen LogP contribution in [0.5, 0.6) is 0 Å². The van der Waals surface area contributed by atoms with E-state index in [0.29, 0.717) is 11.5 Å². The van der Waals surface area contributed by atoms with Crippen LogP contribution in [0.4, 0.5) is 0 Å². The van der Waals surface area contributed by atoms with E-state index in [1.54, 1.807) is 30.4 Å². The summed E-state index contributed by atoms with van der Waals surface area (Å²) in [6.07, 6.45) is 11.6. The fourth-order valence-corrected chi connectivity index (χ4v) is 2.85. The minimum Gasteiger partial charge on any atom is -0.465 e. The van der Waals surface area contributed by atoms with Crippen LogP contribution >= 0.6 is 0 Å². The number of allylic oxidation sites excluding steroid dienone is 3. The lowest BCUT2D eigenvalue weighted by molar-refractivity contribution is -0.116. The summed E-state index contributed by atoms with van der Waals surface area (Å²) >= 11 is 0. The van der Waals surface area contributed by atoms with Gasteiger partial charge < -0.3 is 9.73 Å². The van der Waals surface area contributed by atoms with E-state index >= 15 is 0 Å². The molecule has 1 unspecified atom stereocenters. The quantitative estimate of drug-likeness (QED) is 0.841. The van der Waals surface area contributed by atoms with Crippen LogP contribution in [0.15, 0.2) is 69.5 Å². The van der Waals surface area contributed by atoms with Crippen LogP contribution in [0, 0.1) is 11.3 Å². The highest BCUT2D eigenvalue weighted by Gasteiger charge is 2.32. The first-order chi connectivity index (χ1) is 11.8. The first-order valence-corrected chi connectivity index (χ1v) is 8.10. The Morgan fingerprint density at radius 3 is 2.80 bits per heavy atom. The summed E-state index contributed by atoms with van der Waals surface area (Å²) in [6, 6.07) is 3.50. The maximum Gasteiger partial charge on any atom is 0.270 e. The van der Waals surface area contributed by atoms with Gasteiger partial charge in [0, 0.05) is 23.8 Å². The summed E-state index contributed by atoms with van der Waals surface area (Å²) in [5.41, 5.74) is 2.18. The Balaban J connectivity index is 1.81. The molecule has 5 nitrogen and oxygen atoms in total. The molecule has 1 N–H and O–H groups in total. The van der Waals surface area contributed by atoms with Gasteiger partial charge in [-0.25, -0.2) is 4.99 Å². The molecule has 1 aromatic rings. The molecule has 1 aromatic heterocycles. The largest absolute Gasteiger partial charge is 0.465 e. The normalized spacial score (nSPS) is 21.8. The zero-order valence-corrected chi connectivity index (χ0v) is 14.4. The van der Waals surface area contributed by atoms with Gasteiger partial charge in [-0.05, 0) is 41.3 Å². The van der Waals surface area contributed by atoms with Crippen molar-refractivity contribution in [3.05, 3.63) is 65.8 Å². The number of furan rings is 1. The van der Waals surface area contributed by atoms with Gasteiger partial charge in [-0.1, -0.05) is 26.8 Å². The SMILES string of the molecule is CC(C)(C)C1=CC(=O)NC2=CC(=NC(=O)/C=C/c3ccco3)C=CC21. The van der Waals surface area contributed by atoms with Crippen LogP contribution in [-0.4, -0.2) is 17.5 Å². The summed E-state index contributed by atoms with van der Waals surface area (Å²) < 4.78 is 5.13. The third-order valence-corrected chi connectivity index (χ3v) is 4.03. The molecule has 2 amide bonds. The zero-order valence-electron chi connectivity index (χ0n) is 14.4. The van der Waals surface area contributed by atoms with Crippen molar-refractivity contribution >= 4 is 23.6 Å². The van der Waals surface area contributed by atoms with Crippen molar-refractivity contribution in [3.8, 4) is 0 Å². The van der Waals surface area contributed by atoms with E-state index < -0.39 is 0 Å². The van der Waals surface area contributed by atoms with Crippen LogP contribution in [0.25, 0.3) is 6.08 Å². The Morgan fingerprint density at radius 2 is 2.12 bits per heavy atom. The molecule has 2 heterocycles. The topological polar surface area (TPSA) is 71.7 Å². The molecule has 1 atom stereocenters. The Morgan fingerprint density at radius 1 is 1.32 bits per heavy atom. The number of fused-ring (bicyclic) bond motifs is 1. The van der Waals surface area contributed by atoms with Crippen molar-refractivity contribution in [1.29, 1.82) is 0 Å². The van der Waals surface area contributed by atoms with Gasteiger partial charge in [-0.2, -0.15) is 0 Å². The number of aliphatic imine (C=N–C) groups is 1. The van der Waals surface area contributed by atoms with Gasteiger partial charge in [0.2, 0.25) is 5.91 Å². The van der Waals surface area contributed by atoms with Gasteiger partial charge in [0.25, 0.3) is 5.91 Å². The van der Waals surface area contributed by atoms with Crippen molar-refractivity contribution in [3.63, 3.8) is 0 Å². The first-order valence-electron chi connectivity index (χ1n) is 8.10. The minimum absolute atomic E-state index is 0.00501. The third kappa shape index (κ3) is 3.94. The molecule has 0 saturated heterocycles. The minimum atomic E-state index is -0.389. The molecule has 1 aliphatic heterocycles. The highest BCUT2D eigenvalue weighted by atomic mass is 16.3. The van der Waals surface area contributed by atoms with Gasteiger partial charge in [0.05, 0.1) is 12.0 Å². The van der Waals surface area contributed by atoms with E-state index in [1.807, 2.05) is 12.2 Å². The van der Waals surface area contributed by atoms with Crippen molar-refractivity contribution in [2.75, 3.05) is 0 Å². The van der Waals surface area contributed by atoms with Crippen LogP contribution in [-0.2, 0) is 9.59 Å². The molecule has 0 radical (unpaired) electrons. The number of nitrogens with one attached hydrogen (secondary N) is 1. The predicted molar refractivity (Wildman–Crippen MR) is 96.6 cm³/mol. The maximum atomic E-state index is 12.0. The second kappa shape index (κ2) is 6.51. The molecule has 5 heteroatoms. The van der Waals surface area contributed by atoms with E-state index in [0.717, 1.165) is 11.3 Å². The summed E-state index contributed by atoms with van der Waals surface area (Å²) in [6.45, 7) is 6.24. The fraction of sp³-hybridized carbons (Fsp3) is 0.250. The number of carbonyl (C=O) groups excluding carboxylic acids is 2. The highest BCUT2D eigenvalue weighted by Crippen LogP contribution is 2.38. The van der Waals surface area contributed by atoms with E-state index in [-0.39, 0.29) is 23.1 Å². The summed E-state index contributed by atoms with van der Waals surface area (Å²) in [4.78, 5) is 28.0. The standard InChI is InChI=1S/C20H20N2O3/c1-20(2,3)16-12-19(24)22-17-11-13(6-8-15(16)17)21-18(23)9-7-14-5-4-10-25-14/h4-12,15H,1-3H3,(H,22,24)/b9-7+,21-13?. The molecule has 25 heavy (non-hydrogen) atoms. The lowest BCUT2D eigenvalue weighted by atomic mass is 9.74. The maximum absolute atomic E-state index is 12.0. The molecule has 0 saturated carbocycles.